The Morgan fingerprint density at radius 2 is 1.69 bits per heavy atom. The first kappa shape index (κ1) is 19.3. The molecule has 1 aliphatic carbocycles. The molecule has 0 radical (unpaired) electrons. The summed E-state index contributed by atoms with van der Waals surface area (Å²) in [6.45, 7) is 0.913. The highest BCUT2D eigenvalue weighted by atomic mass is 16.5. The number of likely N-dealkylation sites (tertiary alicyclic amines) is 1. The lowest BCUT2D eigenvalue weighted by Crippen LogP contribution is -2.36. The first-order chi connectivity index (χ1) is 14.1. The van der Waals surface area contributed by atoms with E-state index in [1.54, 1.807) is 37.3 Å². The zero-order valence-electron chi connectivity index (χ0n) is 16.8. The van der Waals surface area contributed by atoms with Gasteiger partial charge in [-0.3, -0.25) is 9.59 Å². The lowest BCUT2D eigenvalue weighted by atomic mass is 9.88. The van der Waals surface area contributed by atoms with Crippen LogP contribution in [0.25, 0.3) is 0 Å². The zero-order chi connectivity index (χ0) is 20.4. The third-order valence-corrected chi connectivity index (χ3v) is 5.73. The van der Waals surface area contributed by atoms with E-state index in [0.717, 1.165) is 24.2 Å². The number of rotatable bonds is 6. The van der Waals surface area contributed by atoms with Crippen molar-refractivity contribution in [3.8, 4) is 11.5 Å². The van der Waals surface area contributed by atoms with Crippen LogP contribution in [0.3, 0.4) is 0 Å². The Balaban J connectivity index is 1.57. The van der Waals surface area contributed by atoms with Gasteiger partial charge in [0.25, 0.3) is 5.91 Å². The van der Waals surface area contributed by atoms with Gasteiger partial charge < -0.3 is 19.7 Å². The molecule has 2 fully saturated rings. The van der Waals surface area contributed by atoms with Gasteiger partial charge in [0.15, 0.2) is 0 Å². The predicted molar refractivity (Wildman–Crippen MR) is 109 cm³/mol. The number of hydrogen-bond donors (Lipinski definition) is 1. The second kappa shape index (κ2) is 8.15. The second-order valence-electron chi connectivity index (χ2n) is 7.71. The van der Waals surface area contributed by atoms with Crippen molar-refractivity contribution in [2.75, 3.05) is 27.3 Å². The molecule has 29 heavy (non-hydrogen) atoms. The van der Waals surface area contributed by atoms with Crippen molar-refractivity contribution in [2.24, 2.45) is 5.92 Å². The topological polar surface area (TPSA) is 67.9 Å². The average molecular weight is 394 g/mol. The van der Waals surface area contributed by atoms with Gasteiger partial charge in [-0.05, 0) is 48.7 Å². The number of ether oxygens (including phenoxy) is 2. The molecule has 1 heterocycles. The van der Waals surface area contributed by atoms with Gasteiger partial charge in [0.1, 0.15) is 11.5 Å². The van der Waals surface area contributed by atoms with E-state index in [0.29, 0.717) is 30.4 Å². The van der Waals surface area contributed by atoms with Crippen molar-refractivity contribution < 1.29 is 19.1 Å². The van der Waals surface area contributed by atoms with Crippen LogP contribution in [-0.2, 0) is 4.79 Å². The SMILES string of the molecule is COc1ccc(C2CN(C(=O)c3cccc(OC)c3)CC2C(=O)NC2CC2)cc1. The molecule has 6 heteroatoms. The molecule has 2 aliphatic rings. The number of carbonyl (C=O) groups excluding carboxylic acids is 2. The fourth-order valence-corrected chi connectivity index (χ4v) is 3.90. The van der Waals surface area contributed by atoms with Crippen LogP contribution < -0.4 is 14.8 Å². The maximum Gasteiger partial charge on any atom is 0.254 e. The smallest absolute Gasteiger partial charge is 0.254 e. The fraction of sp³-hybridized carbons (Fsp3) is 0.391. The van der Waals surface area contributed by atoms with E-state index in [-0.39, 0.29) is 23.7 Å². The third kappa shape index (κ3) is 4.21. The molecule has 0 bridgehead atoms. The highest BCUT2D eigenvalue weighted by molar-refractivity contribution is 5.95. The Morgan fingerprint density at radius 1 is 0.966 bits per heavy atom. The minimum Gasteiger partial charge on any atom is -0.497 e. The molecule has 1 saturated carbocycles. The maximum atomic E-state index is 13.1. The van der Waals surface area contributed by atoms with Crippen LogP contribution >= 0.6 is 0 Å². The van der Waals surface area contributed by atoms with Crippen molar-refractivity contribution in [3.05, 3.63) is 59.7 Å². The average Bonchev–Trinajstić information content (AvgIpc) is 3.47. The van der Waals surface area contributed by atoms with Gasteiger partial charge in [-0.1, -0.05) is 18.2 Å². The molecule has 2 amide bonds. The van der Waals surface area contributed by atoms with Crippen LogP contribution in [0.5, 0.6) is 11.5 Å². The van der Waals surface area contributed by atoms with Crippen molar-refractivity contribution in [2.45, 2.75) is 24.8 Å². The predicted octanol–water partition coefficient (Wildman–Crippen LogP) is 2.84. The van der Waals surface area contributed by atoms with E-state index in [1.165, 1.54) is 0 Å². The molecule has 4 rings (SSSR count). The van der Waals surface area contributed by atoms with Gasteiger partial charge in [-0.25, -0.2) is 0 Å². The number of amides is 2. The van der Waals surface area contributed by atoms with E-state index in [4.69, 9.17) is 9.47 Å². The number of nitrogens with zero attached hydrogens (tertiary/aromatic N) is 1. The van der Waals surface area contributed by atoms with Crippen molar-refractivity contribution in [3.63, 3.8) is 0 Å². The quantitative estimate of drug-likeness (QED) is 0.818. The zero-order valence-corrected chi connectivity index (χ0v) is 16.8. The second-order valence-corrected chi connectivity index (χ2v) is 7.71. The molecule has 2 atom stereocenters. The van der Waals surface area contributed by atoms with E-state index >= 15 is 0 Å². The molecule has 0 spiro atoms. The number of carbonyl (C=O) groups is 2. The summed E-state index contributed by atoms with van der Waals surface area (Å²) in [7, 11) is 3.21. The maximum absolute atomic E-state index is 13.1. The number of methoxy groups -OCH3 is 2. The van der Waals surface area contributed by atoms with Gasteiger partial charge >= 0.3 is 0 Å². The molecule has 1 saturated heterocycles. The standard InChI is InChI=1S/C23H26N2O4/c1-28-18-10-6-15(7-11-18)20-13-25(14-21(20)22(26)24-17-8-9-17)23(27)16-4-3-5-19(12-16)29-2/h3-7,10-12,17,20-21H,8-9,13-14H2,1-2H3,(H,24,26). The highest BCUT2D eigenvalue weighted by Gasteiger charge is 2.41. The Morgan fingerprint density at radius 3 is 2.34 bits per heavy atom. The van der Waals surface area contributed by atoms with Crippen molar-refractivity contribution >= 4 is 11.8 Å². The lowest BCUT2D eigenvalue weighted by Gasteiger charge is -2.18. The van der Waals surface area contributed by atoms with E-state index in [9.17, 15) is 9.59 Å². The Bertz CT molecular complexity index is 892. The van der Waals surface area contributed by atoms with Gasteiger partial charge in [0.05, 0.1) is 20.1 Å². The van der Waals surface area contributed by atoms with Crippen LogP contribution in [0.1, 0.15) is 34.7 Å². The third-order valence-electron chi connectivity index (χ3n) is 5.73. The van der Waals surface area contributed by atoms with E-state index in [2.05, 4.69) is 5.32 Å². The first-order valence-corrected chi connectivity index (χ1v) is 9.96. The van der Waals surface area contributed by atoms with Crippen molar-refractivity contribution in [1.29, 1.82) is 0 Å². The summed E-state index contributed by atoms with van der Waals surface area (Å²) in [5.41, 5.74) is 1.61. The van der Waals surface area contributed by atoms with Gasteiger partial charge in [0, 0.05) is 30.6 Å². The summed E-state index contributed by atoms with van der Waals surface area (Å²) in [5.74, 6) is 1.06. The summed E-state index contributed by atoms with van der Waals surface area (Å²) >= 11 is 0. The molecular formula is C23H26N2O4. The van der Waals surface area contributed by atoms with Crippen LogP contribution in [0.15, 0.2) is 48.5 Å². The minimum atomic E-state index is -0.265. The molecule has 2 aromatic rings. The molecule has 152 valence electrons. The Kier molecular flexibility index (Phi) is 5.43. The summed E-state index contributed by atoms with van der Waals surface area (Å²) < 4.78 is 10.5. The van der Waals surface area contributed by atoms with Crippen LogP contribution in [0, 0.1) is 5.92 Å². The Labute approximate surface area is 170 Å². The first-order valence-electron chi connectivity index (χ1n) is 9.96. The van der Waals surface area contributed by atoms with Crippen LogP contribution in [0.4, 0.5) is 0 Å². The van der Waals surface area contributed by atoms with E-state index in [1.807, 2.05) is 30.3 Å². The Hall–Kier alpha value is -3.02. The summed E-state index contributed by atoms with van der Waals surface area (Å²) in [5, 5.41) is 3.11. The van der Waals surface area contributed by atoms with Gasteiger partial charge in [0.2, 0.25) is 5.91 Å². The summed E-state index contributed by atoms with van der Waals surface area (Å²) in [6, 6.07) is 15.2. The molecule has 2 unspecified atom stereocenters. The number of benzene rings is 2. The number of hydrogen-bond acceptors (Lipinski definition) is 4. The van der Waals surface area contributed by atoms with Crippen molar-refractivity contribution in [1.82, 2.24) is 10.2 Å². The summed E-state index contributed by atoms with van der Waals surface area (Å²) in [6.07, 6.45) is 2.08. The molecule has 1 N–H and O–H groups in total. The van der Waals surface area contributed by atoms with Gasteiger partial charge in [-0.15, -0.1) is 0 Å². The van der Waals surface area contributed by atoms with Crippen LogP contribution in [-0.4, -0.2) is 50.1 Å². The normalized spacial score (nSPS) is 21.0. The van der Waals surface area contributed by atoms with E-state index < -0.39 is 0 Å². The largest absolute Gasteiger partial charge is 0.497 e. The fourth-order valence-electron chi connectivity index (χ4n) is 3.90. The lowest BCUT2D eigenvalue weighted by molar-refractivity contribution is -0.125. The van der Waals surface area contributed by atoms with Gasteiger partial charge in [-0.2, -0.15) is 0 Å². The number of nitrogens with one attached hydrogen (secondary N) is 1. The molecule has 6 nitrogen and oxygen atoms in total. The molecular weight excluding hydrogens is 368 g/mol. The minimum absolute atomic E-state index is 0.0364. The highest BCUT2D eigenvalue weighted by Crippen LogP contribution is 2.35. The monoisotopic (exact) mass is 394 g/mol. The molecule has 0 aromatic heterocycles. The van der Waals surface area contributed by atoms with Crippen LogP contribution in [0.2, 0.25) is 0 Å². The molecule has 1 aliphatic heterocycles. The molecule has 2 aromatic carbocycles. The summed E-state index contributed by atoms with van der Waals surface area (Å²) in [4.78, 5) is 27.8.